The molecule has 1 aromatic heterocycles. The van der Waals surface area contributed by atoms with Gasteiger partial charge in [0.25, 0.3) is 0 Å². The van der Waals surface area contributed by atoms with Crippen LogP contribution in [0.25, 0.3) is 0 Å². The van der Waals surface area contributed by atoms with E-state index in [9.17, 15) is 8.78 Å². The van der Waals surface area contributed by atoms with E-state index in [-0.39, 0.29) is 6.04 Å². The number of rotatable bonds is 4. The molecule has 96 valence electrons. The van der Waals surface area contributed by atoms with Crippen molar-refractivity contribution in [3.8, 4) is 0 Å². The van der Waals surface area contributed by atoms with Crippen molar-refractivity contribution >= 4 is 0 Å². The van der Waals surface area contributed by atoms with Crippen LogP contribution in [-0.2, 0) is 0 Å². The van der Waals surface area contributed by atoms with Gasteiger partial charge in [-0.3, -0.25) is 0 Å². The maximum absolute atomic E-state index is 13.3. The molecule has 0 aliphatic heterocycles. The number of benzene rings is 1. The Balaban J connectivity index is 2.40. The standard InChI is InChI=1S/C14H15F2NO/c1-3-17-14(11-4-9(2)18-8-11)10-5-12(15)7-13(16)6-10/h4-8,14,17H,3H2,1-2H3. The minimum absolute atomic E-state index is 0.266. The topological polar surface area (TPSA) is 25.2 Å². The molecule has 2 nitrogen and oxygen atoms in total. The molecule has 4 heteroatoms. The average Bonchev–Trinajstić information content (AvgIpc) is 2.71. The molecule has 0 spiro atoms. The van der Waals surface area contributed by atoms with E-state index >= 15 is 0 Å². The fraction of sp³-hybridized carbons (Fsp3) is 0.286. The number of hydrogen-bond acceptors (Lipinski definition) is 2. The molecular formula is C14H15F2NO. The molecule has 2 rings (SSSR count). The zero-order chi connectivity index (χ0) is 13.1. The van der Waals surface area contributed by atoms with Crippen molar-refractivity contribution in [2.24, 2.45) is 0 Å². The normalized spacial score (nSPS) is 12.7. The van der Waals surface area contributed by atoms with E-state index in [1.165, 1.54) is 12.1 Å². The molecule has 1 unspecified atom stereocenters. The van der Waals surface area contributed by atoms with Gasteiger partial charge in [-0.25, -0.2) is 8.78 Å². The lowest BCUT2D eigenvalue weighted by Crippen LogP contribution is -2.21. The van der Waals surface area contributed by atoms with Crippen LogP contribution in [0.15, 0.2) is 34.9 Å². The van der Waals surface area contributed by atoms with E-state index in [4.69, 9.17) is 4.42 Å². The number of hydrogen-bond donors (Lipinski definition) is 1. The maximum atomic E-state index is 13.3. The van der Waals surface area contributed by atoms with Crippen molar-refractivity contribution in [3.63, 3.8) is 0 Å². The predicted octanol–water partition coefficient (Wildman–Crippen LogP) is 3.57. The Morgan fingerprint density at radius 3 is 2.28 bits per heavy atom. The van der Waals surface area contributed by atoms with Crippen LogP contribution in [0.4, 0.5) is 8.78 Å². The second-order valence-electron chi connectivity index (χ2n) is 4.18. The summed E-state index contributed by atoms with van der Waals surface area (Å²) in [7, 11) is 0. The van der Waals surface area contributed by atoms with Gasteiger partial charge in [-0.1, -0.05) is 6.92 Å². The summed E-state index contributed by atoms with van der Waals surface area (Å²) in [6, 6.07) is 5.12. The molecule has 1 aromatic carbocycles. The van der Waals surface area contributed by atoms with E-state index in [0.29, 0.717) is 12.1 Å². The highest BCUT2D eigenvalue weighted by atomic mass is 19.1. The summed E-state index contributed by atoms with van der Waals surface area (Å²) in [6.45, 7) is 4.46. The quantitative estimate of drug-likeness (QED) is 0.898. The van der Waals surface area contributed by atoms with E-state index in [1.807, 2.05) is 19.9 Å². The Morgan fingerprint density at radius 1 is 1.11 bits per heavy atom. The van der Waals surface area contributed by atoms with Crippen LogP contribution in [0.2, 0.25) is 0 Å². The number of nitrogens with one attached hydrogen (secondary N) is 1. The van der Waals surface area contributed by atoms with Gasteiger partial charge in [0, 0.05) is 11.6 Å². The highest BCUT2D eigenvalue weighted by Crippen LogP contribution is 2.25. The highest BCUT2D eigenvalue weighted by molar-refractivity contribution is 5.31. The third kappa shape index (κ3) is 2.76. The lowest BCUT2D eigenvalue weighted by molar-refractivity contribution is 0.524. The molecule has 0 aliphatic carbocycles. The van der Waals surface area contributed by atoms with Crippen LogP contribution in [-0.4, -0.2) is 6.54 Å². The Morgan fingerprint density at radius 2 is 1.78 bits per heavy atom. The molecule has 0 saturated carbocycles. The Bertz CT molecular complexity index is 516. The van der Waals surface area contributed by atoms with Crippen molar-refractivity contribution in [1.82, 2.24) is 5.32 Å². The van der Waals surface area contributed by atoms with Crippen molar-refractivity contribution in [2.45, 2.75) is 19.9 Å². The average molecular weight is 251 g/mol. The van der Waals surface area contributed by atoms with Crippen LogP contribution in [0.5, 0.6) is 0 Å². The maximum Gasteiger partial charge on any atom is 0.126 e. The smallest absolute Gasteiger partial charge is 0.126 e. The predicted molar refractivity (Wildman–Crippen MR) is 65.3 cm³/mol. The monoisotopic (exact) mass is 251 g/mol. The number of furan rings is 1. The van der Waals surface area contributed by atoms with Crippen LogP contribution >= 0.6 is 0 Å². The lowest BCUT2D eigenvalue weighted by atomic mass is 10.0. The zero-order valence-electron chi connectivity index (χ0n) is 10.3. The molecule has 0 aliphatic rings. The molecule has 0 amide bonds. The van der Waals surface area contributed by atoms with Gasteiger partial charge >= 0.3 is 0 Å². The van der Waals surface area contributed by atoms with Gasteiger partial charge < -0.3 is 9.73 Å². The van der Waals surface area contributed by atoms with Gasteiger partial charge in [-0.05, 0) is 37.2 Å². The molecule has 2 aromatic rings. The van der Waals surface area contributed by atoms with Gasteiger partial charge in [-0.15, -0.1) is 0 Å². The molecule has 0 saturated heterocycles. The molecule has 0 radical (unpaired) electrons. The first-order valence-electron chi connectivity index (χ1n) is 5.84. The summed E-state index contributed by atoms with van der Waals surface area (Å²) in [6.07, 6.45) is 1.60. The third-order valence-corrected chi connectivity index (χ3v) is 2.71. The first-order chi connectivity index (χ1) is 8.60. The van der Waals surface area contributed by atoms with Gasteiger partial charge in [-0.2, -0.15) is 0 Å². The van der Waals surface area contributed by atoms with Crippen molar-refractivity contribution in [1.29, 1.82) is 0 Å². The molecular weight excluding hydrogens is 236 g/mol. The van der Waals surface area contributed by atoms with Crippen LogP contribution in [0.1, 0.15) is 29.9 Å². The van der Waals surface area contributed by atoms with E-state index in [2.05, 4.69) is 5.32 Å². The fourth-order valence-corrected chi connectivity index (χ4v) is 1.99. The van der Waals surface area contributed by atoms with E-state index < -0.39 is 11.6 Å². The highest BCUT2D eigenvalue weighted by Gasteiger charge is 2.16. The van der Waals surface area contributed by atoms with Crippen LogP contribution in [0, 0.1) is 18.6 Å². The zero-order valence-corrected chi connectivity index (χ0v) is 10.3. The molecule has 0 bridgehead atoms. The summed E-state index contributed by atoms with van der Waals surface area (Å²) in [5, 5.41) is 3.19. The van der Waals surface area contributed by atoms with Gasteiger partial charge in [0.05, 0.1) is 12.3 Å². The summed E-state index contributed by atoms with van der Waals surface area (Å²) < 4.78 is 31.8. The Kier molecular flexibility index (Phi) is 3.77. The summed E-state index contributed by atoms with van der Waals surface area (Å²) in [5.41, 5.74) is 1.41. The van der Waals surface area contributed by atoms with Gasteiger partial charge in [0.1, 0.15) is 17.4 Å². The van der Waals surface area contributed by atoms with Crippen LogP contribution < -0.4 is 5.32 Å². The molecule has 0 fully saturated rings. The SMILES string of the molecule is CCNC(c1cc(F)cc(F)c1)c1coc(C)c1. The largest absolute Gasteiger partial charge is 0.469 e. The van der Waals surface area contributed by atoms with Gasteiger partial charge in [0.15, 0.2) is 0 Å². The van der Waals surface area contributed by atoms with Crippen molar-refractivity contribution in [2.75, 3.05) is 6.54 Å². The number of aryl methyl sites for hydroxylation is 1. The molecule has 1 N–H and O–H groups in total. The van der Waals surface area contributed by atoms with Crippen LogP contribution in [0.3, 0.4) is 0 Å². The first-order valence-corrected chi connectivity index (χ1v) is 5.84. The van der Waals surface area contributed by atoms with Crippen molar-refractivity contribution in [3.05, 3.63) is 59.1 Å². The summed E-state index contributed by atoms with van der Waals surface area (Å²) in [4.78, 5) is 0. The fourth-order valence-electron chi connectivity index (χ4n) is 1.99. The molecule has 18 heavy (non-hydrogen) atoms. The van der Waals surface area contributed by atoms with Crippen molar-refractivity contribution < 1.29 is 13.2 Å². The third-order valence-electron chi connectivity index (χ3n) is 2.71. The minimum Gasteiger partial charge on any atom is -0.469 e. The molecule has 1 atom stereocenters. The lowest BCUT2D eigenvalue weighted by Gasteiger charge is -2.17. The van der Waals surface area contributed by atoms with E-state index in [1.54, 1.807) is 6.26 Å². The van der Waals surface area contributed by atoms with Gasteiger partial charge in [0.2, 0.25) is 0 Å². The Labute approximate surface area is 105 Å². The summed E-state index contributed by atoms with van der Waals surface area (Å²) >= 11 is 0. The minimum atomic E-state index is -0.576. The molecule has 1 heterocycles. The first kappa shape index (κ1) is 12.8. The Hall–Kier alpha value is -1.68. The summed E-state index contributed by atoms with van der Waals surface area (Å²) in [5.74, 6) is -0.383. The van der Waals surface area contributed by atoms with E-state index in [0.717, 1.165) is 17.4 Å². The second-order valence-corrected chi connectivity index (χ2v) is 4.18. The number of halogens is 2. The second kappa shape index (κ2) is 5.31.